The zero-order chi connectivity index (χ0) is 12.8. The first-order chi connectivity index (χ1) is 8.83. The van der Waals surface area contributed by atoms with Crippen molar-refractivity contribution in [2.24, 2.45) is 5.92 Å². The van der Waals surface area contributed by atoms with Crippen molar-refractivity contribution < 1.29 is 9.47 Å². The molecule has 0 saturated heterocycles. The Kier molecular flexibility index (Phi) is 4.82. The summed E-state index contributed by atoms with van der Waals surface area (Å²) in [6.07, 6.45) is 8.08. The second-order valence-electron chi connectivity index (χ2n) is 4.89. The van der Waals surface area contributed by atoms with Gasteiger partial charge in [0.15, 0.2) is 0 Å². The van der Waals surface area contributed by atoms with Crippen LogP contribution in [-0.4, -0.2) is 13.4 Å². The fourth-order valence-corrected chi connectivity index (χ4v) is 2.56. The molecule has 0 radical (unpaired) electrons. The monoisotopic (exact) mass is 246 g/mol. The molecule has 0 aliphatic heterocycles. The average Bonchev–Trinajstić information content (AvgIpc) is 2.46. The molecule has 98 valence electrons. The van der Waals surface area contributed by atoms with Crippen molar-refractivity contribution in [3.8, 4) is 5.75 Å². The van der Waals surface area contributed by atoms with Gasteiger partial charge in [0.05, 0.1) is 0 Å². The van der Waals surface area contributed by atoms with Crippen LogP contribution in [0.3, 0.4) is 0 Å². The zero-order valence-corrected chi connectivity index (χ0v) is 11.1. The molecule has 0 N–H and O–H groups in total. The third kappa shape index (κ3) is 3.36. The van der Waals surface area contributed by atoms with E-state index in [0.717, 1.165) is 11.3 Å². The fourth-order valence-electron chi connectivity index (χ4n) is 2.56. The average molecular weight is 246 g/mol. The van der Waals surface area contributed by atoms with Gasteiger partial charge in [0.25, 0.3) is 0 Å². The van der Waals surface area contributed by atoms with Crippen LogP contribution in [0.5, 0.6) is 5.75 Å². The van der Waals surface area contributed by atoms with E-state index < -0.39 is 0 Å². The number of hydrogen-bond acceptors (Lipinski definition) is 2. The quantitative estimate of drug-likeness (QED) is 0.723. The molecule has 1 atom stereocenters. The predicted octanol–water partition coefficient (Wildman–Crippen LogP) is 4.26. The molecule has 1 aromatic carbocycles. The molecule has 0 bridgehead atoms. The number of rotatable bonds is 5. The van der Waals surface area contributed by atoms with Crippen LogP contribution in [0, 0.1) is 5.92 Å². The summed E-state index contributed by atoms with van der Waals surface area (Å²) in [5, 5.41) is 0. The maximum absolute atomic E-state index is 5.95. The molecule has 18 heavy (non-hydrogen) atoms. The summed E-state index contributed by atoms with van der Waals surface area (Å²) in [6.45, 7) is 3.75. The largest absolute Gasteiger partial charge is 0.465 e. The Labute approximate surface area is 110 Å². The van der Waals surface area contributed by atoms with Crippen molar-refractivity contribution in [2.45, 2.75) is 38.4 Å². The van der Waals surface area contributed by atoms with Crippen molar-refractivity contribution in [3.05, 3.63) is 36.4 Å². The van der Waals surface area contributed by atoms with E-state index in [0.29, 0.717) is 5.92 Å². The number of methoxy groups -OCH3 is 1. The first-order valence-corrected chi connectivity index (χ1v) is 6.75. The molecule has 1 unspecified atom stereocenters. The van der Waals surface area contributed by atoms with Gasteiger partial charge in [-0.05, 0) is 30.5 Å². The van der Waals surface area contributed by atoms with Crippen LogP contribution in [0.4, 0.5) is 0 Å². The van der Waals surface area contributed by atoms with Gasteiger partial charge in [-0.3, -0.25) is 0 Å². The second kappa shape index (κ2) is 6.60. The van der Waals surface area contributed by atoms with Crippen molar-refractivity contribution in [1.82, 2.24) is 0 Å². The summed E-state index contributed by atoms with van der Waals surface area (Å²) in [5.41, 5.74) is 1.11. The van der Waals surface area contributed by atoms with E-state index in [9.17, 15) is 0 Å². The van der Waals surface area contributed by atoms with Crippen molar-refractivity contribution >= 4 is 6.08 Å². The van der Waals surface area contributed by atoms with Crippen molar-refractivity contribution in [1.29, 1.82) is 0 Å². The van der Waals surface area contributed by atoms with Crippen LogP contribution in [-0.2, 0) is 4.74 Å². The van der Waals surface area contributed by atoms with Crippen LogP contribution in [0.15, 0.2) is 30.8 Å². The lowest BCUT2D eigenvalue weighted by Gasteiger charge is -2.29. The molecule has 0 spiro atoms. The van der Waals surface area contributed by atoms with Gasteiger partial charge in [-0.25, -0.2) is 0 Å². The van der Waals surface area contributed by atoms with Crippen LogP contribution in [0.1, 0.15) is 37.7 Å². The molecule has 1 aromatic rings. The molecular weight excluding hydrogens is 224 g/mol. The molecule has 2 rings (SSSR count). The highest BCUT2D eigenvalue weighted by atomic mass is 16.7. The molecule has 0 amide bonds. The van der Waals surface area contributed by atoms with E-state index in [-0.39, 0.29) is 6.29 Å². The van der Waals surface area contributed by atoms with Gasteiger partial charge in [-0.2, -0.15) is 0 Å². The third-order valence-electron chi connectivity index (χ3n) is 3.64. The molecule has 1 saturated carbocycles. The van der Waals surface area contributed by atoms with Crippen molar-refractivity contribution in [3.63, 3.8) is 0 Å². The van der Waals surface area contributed by atoms with Gasteiger partial charge in [-0.1, -0.05) is 44.1 Å². The van der Waals surface area contributed by atoms with E-state index >= 15 is 0 Å². The van der Waals surface area contributed by atoms with Gasteiger partial charge < -0.3 is 9.47 Å². The smallest absolute Gasteiger partial charge is 0.202 e. The van der Waals surface area contributed by atoms with E-state index in [1.807, 2.05) is 30.3 Å². The molecule has 0 aromatic heterocycles. The summed E-state index contributed by atoms with van der Waals surface area (Å²) in [5.74, 6) is 1.40. The standard InChI is InChI=1S/C16H22O2/c1-3-13-9-11-15(12-10-13)18-16(17-2)14-7-5-4-6-8-14/h3,9-12,14,16H,1,4-8H2,2H3. The maximum Gasteiger partial charge on any atom is 0.202 e. The minimum absolute atomic E-state index is 0.111. The molecule has 2 nitrogen and oxygen atoms in total. The van der Waals surface area contributed by atoms with Crippen LogP contribution < -0.4 is 4.74 Å². The van der Waals surface area contributed by atoms with E-state index in [4.69, 9.17) is 9.47 Å². The summed E-state index contributed by atoms with van der Waals surface area (Å²) in [6, 6.07) is 7.98. The minimum Gasteiger partial charge on any atom is -0.465 e. The summed E-state index contributed by atoms with van der Waals surface area (Å²) in [4.78, 5) is 0. The lowest BCUT2D eigenvalue weighted by molar-refractivity contribution is -0.101. The van der Waals surface area contributed by atoms with E-state index in [1.54, 1.807) is 7.11 Å². The Morgan fingerprint density at radius 1 is 1.17 bits per heavy atom. The molecule has 0 heterocycles. The lowest BCUT2D eigenvalue weighted by Crippen LogP contribution is -2.30. The Bertz CT molecular complexity index is 363. The molecular formula is C16H22O2. The van der Waals surface area contributed by atoms with Crippen LogP contribution in [0.25, 0.3) is 6.08 Å². The van der Waals surface area contributed by atoms with Gasteiger partial charge in [-0.15, -0.1) is 0 Å². The highest BCUT2D eigenvalue weighted by molar-refractivity contribution is 5.48. The second-order valence-corrected chi connectivity index (χ2v) is 4.89. The number of hydrogen-bond donors (Lipinski definition) is 0. The Morgan fingerprint density at radius 3 is 2.39 bits per heavy atom. The Morgan fingerprint density at radius 2 is 1.83 bits per heavy atom. The van der Waals surface area contributed by atoms with Crippen LogP contribution >= 0.6 is 0 Å². The summed E-state index contributed by atoms with van der Waals surface area (Å²) in [7, 11) is 1.73. The minimum atomic E-state index is -0.111. The van der Waals surface area contributed by atoms with Gasteiger partial charge in [0, 0.05) is 13.0 Å². The molecule has 1 fully saturated rings. The normalized spacial score (nSPS) is 18.3. The van der Waals surface area contributed by atoms with E-state index in [2.05, 4.69) is 6.58 Å². The highest BCUT2D eigenvalue weighted by Crippen LogP contribution is 2.29. The van der Waals surface area contributed by atoms with Gasteiger partial charge in [0.1, 0.15) is 5.75 Å². The highest BCUT2D eigenvalue weighted by Gasteiger charge is 2.24. The maximum atomic E-state index is 5.95. The molecule has 2 heteroatoms. The van der Waals surface area contributed by atoms with Gasteiger partial charge >= 0.3 is 0 Å². The Balaban J connectivity index is 1.97. The first kappa shape index (κ1) is 13.2. The first-order valence-electron chi connectivity index (χ1n) is 6.75. The summed E-state index contributed by atoms with van der Waals surface area (Å²) < 4.78 is 11.5. The third-order valence-corrected chi connectivity index (χ3v) is 3.64. The number of ether oxygens (including phenoxy) is 2. The molecule has 1 aliphatic rings. The zero-order valence-electron chi connectivity index (χ0n) is 11.1. The van der Waals surface area contributed by atoms with Crippen molar-refractivity contribution in [2.75, 3.05) is 7.11 Å². The summed E-state index contributed by atoms with van der Waals surface area (Å²) >= 11 is 0. The van der Waals surface area contributed by atoms with Crippen LogP contribution in [0.2, 0.25) is 0 Å². The van der Waals surface area contributed by atoms with Gasteiger partial charge in [0.2, 0.25) is 6.29 Å². The topological polar surface area (TPSA) is 18.5 Å². The van der Waals surface area contributed by atoms with E-state index in [1.165, 1.54) is 32.1 Å². The lowest BCUT2D eigenvalue weighted by atomic mass is 9.89. The molecule has 1 aliphatic carbocycles. The number of benzene rings is 1. The fraction of sp³-hybridized carbons (Fsp3) is 0.500. The predicted molar refractivity (Wildman–Crippen MR) is 74.5 cm³/mol. The SMILES string of the molecule is C=Cc1ccc(OC(OC)C2CCCCC2)cc1. The Hall–Kier alpha value is -1.28.